The predicted octanol–water partition coefficient (Wildman–Crippen LogP) is 4.90. The molecule has 0 fully saturated rings. The molecule has 0 amide bonds. The van der Waals surface area contributed by atoms with Crippen LogP contribution in [0.1, 0.15) is 25.5 Å². The molecule has 0 radical (unpaired) electrons. The van der Waals surface area contributed by atoms with Crippen LogP contribution in [0, 0.1) is 0 Å². The summed E-state index contributed by atoms with van der Waals surface area (Å²) in [4.78, 5) is 10.2. The van der Waals surface area contributed by atoms with Crippen LogP contribution in [0.15, 0.2) is 20.4 Å². The van der Waals surface area contributed by atoms with Crippen molar-refractivity contribution in [2.45, 2.75) is 19.8 Å². The van der Waals surface area contributed by atoms with Gasteiger partial charge in [0.1, 0.15) is 5.82 Å². The van der Waals surface area contributed by atoms with E-state index in [9.17, 15) is 0 Å². The minimum absolute atomic E-state index is 0.380. The summed E-state index contributed by atoms with van der Waals surface area (Å²) in [6.45, 7) is 4.26. The van der Waals surface area contributed by atoms with Crippen molar-refractivity contribution in [3.63, 3.8) is 0 Å². The maximum absolute atomic E-state index is 4.62. The summed E-state index contributed by atoms with van der Waals surface area (Å²) in [6.07, 6.45) is 0. The topological polar surface area (TPSA) is 37.8 Å². The van der Waals surface area contributed by atoms with Crippen LogP contribution in [0.25, 0.3) is 10.7 Å². The minimum atomic E-state index is 0.380. The van der Waals surface area contributed by atoms with E-state index in [2.05, 4.69) is 61.0 Å². The van der Waals surface area contributed by atoms with E-state index < -0.39 is 0 Å². The second-order valence-corrected chi connectivity index (χ2v) is 7.36. The molecular formula is C12H13Br2N3S. The first-order valence-corrected chi connectivity index (χ1v) is 7.93. The number of nitrogens with one attached hydrogen (secondary N) is 1. The average Bonchev–Trinajstić information content (AvgIpc) is 2.69. The van der Waals surface area contributed by atoms with Crippen LogP contribution in [0.2, 0.25) is 0 Å². The zero-order chi connectivity index (χ0) is 13.3. The van der Waals surface area contributed by atoms with Gasteiger partial charge in [0.15, 0.2) is 5.82 Å². The molecule has 0 atom stereocenters. The van der Waals surface area contributed by atoms with Crippen molar-refractivity contribution < 1.29 is 0 Å². The Morgan fingerprint density at radius 2 is 1.94 bits per heavy atom. The second kappa shape index (κ2) is 5.67. The van der Waals surface area contributed by atoms with Crippen molar-refractivity contribution in [2.24, 2.45) is 0 Å². The van der Waals surface area contributed by atoms with E-state index in [1.54, 1.807) is 11.3 Å². The van der Waals surface area contributed by atoms with Crippen LogP contribution in [0.3, 0.4) is 0 Å². The van der Waals surface area contributed by atoms with Crippen LogP contribution >= 0.6 is 43.2 Å². The summed E-state index contributed by atoms with van der Waals surface area (Å²) in [7, 11) is 1.87. The largest absolute Gasteiger partial charge is 0.373 e. The van der Waals surface area contributed by atoms with Gasteiger partial charge in [-0.1, -0.05) is 13.8 Å². The predicted molar refractivity (Wildman–Crippen MR) is 84.4 cm³/mol. The van der Waals surface area contributed by atoms with Gasteiger partial charge >= 0.3 is 0 Å². The number of halogens is 2. The molecule has 0 spiro atoms. The highest BCUT2D eigenvalue weighted by Gasteiger charge is 2.12. The molecule has 1 N–H and O–H groups in total. The fourth-order valence-corrected chi connectivity index (χ4v) is 3.43. The van der Waals surface area contributed by atoms with E-state index in [-0.39, 0.29) is 0 Å². The molecule has 2 heterocycles. The Hall–Kier alpha value is -0.460. The van der Waals surface area contributed by atoms with Gasteiger partial charge in [0, 0.05) is 23.3 Å². The summed E-state index contributed by atoms with van der Waals surface area (Å²) in [5.74, 6) is 2.00. The third-order valence-corrected chi connectivity index (χ3v) is 5.71. The molecule has 2 aromatic heterocycles. The molecule has 6 heteroatoms. The van der Waals surface area contributed by atoms with Crippen molar-refractivity contribution in [1.82, 2.24) is 9.97 Å². The van der Waals surface area contributed by atoms with Crippen molar-refractivity contribution in [3.8, 4) is 10.7 Å². The standard InChI is InChI=1S/C12H13Br2N3S/c1-6(2)8-5-10(15-3)17-12(16-8)9-4-7(13)11(14)18-9/h4-6H,1-3H3,(H,15,16,17). The first kappa shape index (κ1) is 14.0. The minimum Gasteiger partial charge on any atom is -0.373 e. The van der Waals surface area contributed by atoms with E-state index in [1.165, 1.54) is 0 Å². The number of rotatable bonds is 3. The number of hydrogen-bond acceptors (Lipinski definition) is 4. The zero-order valence-corrected chi connectivity index (χ0v) is 14.3. The normalized spacial score (nSPS) is 11.0. The SMILES string of the molecule is CNc1cc(C(C)C)nc(-c2cc(Br)c(Br)s2)n1. The van der Waals surface area contributed by atoms with Gasteiger partial charge in [-0.05, 0) is 43.8 Å². The Balaban J connectivity index is 2.52. The first-order chi connectivity index (χ1) is 8.51. The molecule has 3 nitrogen and oxygen atoms in total. The smallest absolute Gasteiger partial charge is 0.171 e. The number of thiophene rings is 1. The van der Waals surface area contributed by atoms with Gasteiger partial charge in [0.25, 0.3) is 0 Å². The lowest BCUT2D eigenvalue weighted by molar-refractivity contribution is 0.818. The van der Waals surface area contributed by atoms with E-state index in [0.717, 1.165) is 30.5 Å². The van der Waals surface area contributed by atoms with E-state index in [4.69, 9.17) is 0 Å². The van der Waals surface area contributed by atoms with E-state index in [0.29, 0.717) is 5.92 Å². The van der Waals surface area contributed by atoms with Gasteiger partial charge in [0.05, 0.1) is 8.66 Å². The number of anilines is 1. The van der Waals surface area contributed by atoms with Crippen LogP contribution in [-0.2, 0) is 0 Å². The molecule has 0 bridgehead atoms. The summed E-state index contributed by atoms with van der Waals surface area (Å²) in [5, 5.41) is 3.08. The molecule has 0 saturated heterocycles. The van der Waals surface area contributed by atoms with Gasteiger partial charge in [-0.3, -0.25) is 0 Å². The number of hydrogen-bond donors (Lipinski definition) is 1. The highest BCUT2D eigenvalue weighted by molar-refractivity contribution is 9.13. The average molecular weight is 391 g/mol. The van der Waals surface area contributed by atoms with Gasteiger partial charge < -0.3 is 5.32 Å². The lowest BCUT2D eigenvalue weighted by atomic mass is 10.1. The van der Waals surface area contributed by atoms with Gasteiger partial charge in [-0.2, -0.15) is 0 Å². The Labute approximate surface area is 127 Å². The molecule has 2 rings (SSSR count). The molecule has 2 aromatic rings. The lowest BCUT2D eigenvalue weighted by Gasteiger charge is -2.08. The molecule has 96 valence electrons. The van der Waals surface area contributed by atoms with Crippen LogP contribution in [0.4, 0.5) is 5.82 Å². The fourth-order valence-electron chi connectivity index (χ4n) is 1.46. The van der Waals surface area contributed by atoms with E-state index in [1.807, 2.05) is 19.2 Å². The molecule has 0 saturated carbocycles. The highest BCUT2D eigenvalue weighted by atomic mass is 79.9. The van der Waals surface area contributed by atoms with Gasteiger partial charge in [0.2, 0.25) is 0 Å². The van der Waals surface area contributed by atoms with Crippen LogP contribution < -0.4 is 5.32 Å². The Bertz CT molecular complexity index is 547. The third-order valence-electron chi connectivity index (χ3n) is 2.46. The monoisotopic (exact) mass is 389 g/mol. The third kappa shape index (κ3) is 2.92. The lowest BCUT2D eigenvalue weighted by Crippen LogP contribution is -2.01. The molecule has 18 heavy (non-hydrogen) atoms. The van der Waals surface area contributed by atoms with Crippen LogP contribution in [-0.4, -0.2) is 17.0 Å². The van der Waals surface area contributed by atoms with Gasteiger partial charge in [-0.25, -0.2) is 9.97 Å². The molecule has 0 aliphatic rings. The van der Waals surface area contributed by atoms with Crippen molar-refractivity contribution in [1.29, 1.82) is 0 Å². The first-order valence-electron chi connectivity index (χ1n) is 5.53. The molecular weight excluding hydrogens is 378 g/mol. The number of aromatic nitrogens is 2. The summed E-state index contributed by atoms with van der Waals surface area (Å²) < 4.78 is 2.09. The second-order valence-electron chi connectivity index (χ2n) is 4.14. The summed E-state index contributed by atoms with van der Waals surface area (Å²) in [5.41, 5.74) is 1.05. The Morgan fingerprint density at radius 1 is 1.22 bits per heavy atom. The van der Waals surface area contributed by atoms with Gasteiger partial charge in [-0.15, -0.1) is 11.3 Å². The molecule has 0 unspecified atom stereocenters. The molecule has 0 aromatic carbocycles. The Morgan fingerprint density at radius 3 is 2.44 bits per heavy atom. The van der Waals surface area contributed by atoms with Crippen molar-refractivity contribution >= 4 is 49.0 Å². The van der Waals surface area contributed by atoms with Crippen LogP contribution in [0.5, 0.6) is 0 Å². The fraction of sp³-hybridized carbons (Fsp3) is 0.333. The quantitative estimate of drug-likeness (QED) is 0.810. The molecule has 0 aliphatic heterocycles. The maximum atomic E-state index is 4.62. The zero-order valence-electron chi connectivity index (χ0n) is 10.3. The highest BCUT2D eigenvalue weighted by Crippen LogP contribution is 2.37. The summed E-state index contributed by atoms with van der Waals surface area (Å²) >= 11 is 8.61. The van der Waals surface area contributed by atoms with Crippen molar-refractivity contribution in [3.05, 3.63) is 26.1 Å². The Kier molecular flexibility index (Phi) is 4.40. The summed E-state index contributed by atoms with van der Waals surface area (Å²) in [6, 6.07) is 4.03. The maximum Gasteiger partial charge on any atom is 0.171 e. The molecule has 0 aliphatic carbocycles. The van der Waals surface area contributed by atoms with Crippen molar-refractivity contribution in [2.75, 3.05) is 12.4 Å². The van der Waals surface area contributed by atoms with E-state index >= 15 is 0 Å². The number of nitrogens with zero attached hydrogens (tertiary/aromatic N) is 2.